The van der Waals surface area contributed by atoms with Crippen LogP contribution in [-0.4, -0.2) is 33.8 Å². The number of ether oxygens (including phenoxy) is 1. The number of hydrogen-bond acceptors (Lipinski definition) is 2. The summed E-state index contributed by atoms with van der Waals surface area (Å²) in [6.45, 7) is 8.68. The van der Waals surface area contributed by atoms with Crippen LogP contribution in [0.3, 0.4) is 0 Å². The summed E-state index contributed by atoms with van der Waals surface area (Å²) in [5.74, 6) is 0.660. The van der Waals surface area contributed by atoms with Gasteiger partial charge >= 0.3 is 14.5 Å². The molecule has 1 aliphatic rings. The molecule has 0 bridgehead atoms. The zero-order chi connectivity index (χ0) is 12.5. The van der Waals surface area contributed by atoms with Gasteiger partial charge in [0.15, 0.2) is 0 Å². The largest absolute Gasteiger partial charge is 0.498 e. The van der Waals surface area contributed by atoms with Crippen LogP contribution in [0.15, 0.2) is 0 Å². The summed E-state index contributed by atoms with van der Waals surface area (Å²) in [5, 5.41) is 2.74. The molecule has 0 saturated carbocycles. The highest BCUT2D eigenvalue weighted by Gasteiger charge is 2.28. The predicted octanol–water partition coefficient (Wildman–Crippen LogP) is 4.02. The Bertz CT molecular complexity index is 173. The molecule has 17 heavy (non-hydrogen) atoms. The van der Waals surface area contributed by atoms with Crippen LogP contribution < -0.4 is 0 Å². The highest BCUT2D eigenvalue weighted by molar-refractivity contribution is 6.51. The fourth-order valence-electron chi connectivity index (χ4n) is 2.48. The summed E-state index contributed by atoms with van der Waals surface area (Å²) >= 11 is -0.939. The first-order chi connectivity index (χ1) is 8.27. The van der Waals surface area contributed by atoms with E-state index in [4.69, 9.17) is 8.53 Å². The van der Waals surface area contributed by atoms with Crippen molar-refractivity contribution in [2.45, 2.75) is 69.5 Å². The van der Waals surface area contributed by atoms with Crippen molar-refractivity contribution in [2.24, 2.45) is 5.92 Å². The van der Waals surface area contributed by atoms with Gasteiger partial charge < -0.3 is 8.53 Å². The normalized spacial score (nSPS) is 21.7. The lowest BCUT2D eigenvalue weighted by Crippen LogP contribution is -2.29. The van der Waals surface area contributed by atoms with E-state index in [1.807, 2.05) is 0 Å². The maximum Gasteiger partial charge on any atom is 0.460 e. The van der Waals surface area contributed by atoms with Gasteiger partial charge in [0, 0.05) is 18.6 Å². The van der Waals surface area contributed by atoms with Gasteiger partial charge in [-0.05, 0) is 13.3 Å². The van der Waals surface area contributed by atoms with E-state index >= 15 is 0 Å². The Labute approximate surface area is 112 Å². The van der Waals surface area contributed by atoms with Gasteiger partial charge in [-0.15, -0.1) is 0 Å². The monoisotopic (exact) mass is 256 g/mol. The van der Waals surface area contributed by atoms with Crippen molar-refractivity contribution >= 4 is 14.5 Å². The van der Waals surface area contributed by atoms with E-state index in [1.165, 1.54) is 42.7 Å². The first-order valence-corrected chi connectivity index (χ1v) is 9.61. The predicted molar refractivity (Wildman–Crippen MR) is 74.7 cm³/mol. The van der Waals surface area contributed by atoms with Gasteiger partial charge in [0.25, 0.3) is 0 Å². The topological polar surface area (TPSA) is 18.5 Å². The minimum absolute atomic E-state index is 0.433. The molecule has 0 N–H and O–H groups in total. The van der Waals surface area contributed by atoms with Crippen LogP contribution in [0.4, 0.5) is 0 Å². The fraction of sp³-hybridized carbons (Fsp3) is 1.00. The molecule has 2 atom stereocenters. The van der Waals surface area contributed by atoms with E-state index in [0.717, 1.165) is 13.2 Å². The first kappa shape index (κ1) is 15.5. The molecule has 1 rings (SSSR count). The van der Waals surface area contributed by atoms with E-state index in [-0.39, 0.29) is 0 Å². The smallest absolute Gasteiger partial charge is 0.460 e. The molecule has 1 aliphatic heterocycles. The maximum atomic E-state index is 6.40. The van der Waals surface area contributed by atoms with Crippen LogP contribution in [0, 0.1) is 5.92 Å². The van der Waals surface area contributed by atoms with E-state index < -0.39 is 14.5 Å². The average Bonchev–Trinajstić information content (AvgIpc) is 2.86. The van der Waals surface area contributed by atoms with Crippen molar-refractivity contribution in [1.29, 1.82) is 0 Å². The van der Waals surface area contributed by atoms with Gasteiger partial charge in [0.05, 0.1) is 6.61 Å². The van der Waals surface area contributed by atoms with Crippen LogP contribution in [-0.2, 0) is 8.53 Å². The second kappa shape index (κ2) is 9.39. The van der Waals surface area contributed by atoms with E-state index in [1.54, 1.807) is 0 Å². The molecule has 2 unspecified atom stereocenters. The highest BCUT2D eigenvalue weighted by atomic mass is 27.2. The van der Waals surface area contributed by atoms with Crippen molar-refractivity contribution in [1.82, 2.24) is 0 Å². The van der Waals surface area contributed by atoms with Crippen LogP contribution in [0.25, 0.3) is 0 Å². The molecular formula is C14H29AlO2. The molecule has 0 aliphatic carbocycles. The van der Waals surface area contributed by atoms with Crippen LogP contribution in [0.5, 0.6) is 0 Å². The SMILES string of the molecule is CCC[CH2][Al]([CH2]CCC)[O]C(C)C1CCOC1. The Hall–Kier alpha value is 0.452. The zero-order valence-electron chi connectivity index (χ0n) is 11.9. The van der Waals surface area contributed by atoms with Crippen molar-refractivity contribution in [2.75, 3.05) is 13.2 Å². The fourth-order valence-corrected chi connectivity index (χ4v) is 5.60. The molecule has 0 aromatic rings. The molecule has 100 valence electrons. The third-order valence-electron chi connectivity index (χ3n) is 3.80. The maximum absolute atomic E-state index is 6.40. The molecule has 0 spiro atoms. The van der Waals surface area contributed by atoms with Crippen LogP contribution in [0.2, 0.25) is 10.6 Å². The summed E-state index contributed by atoms with van der Waals surface area (Å²) in [6.07, 6.45) is 6.95. The molecule has 2 nitrogen and oxygen atoms in total. The van der Waals surface area contributed by atoms with Crippen molar-refractivity contribution in [3.63, 3.8) is 0 Å². The van der Waals surface area contributed by atoms with Gasteiger partial charge in [-0.25, -0.2) is 0 Å². The minimum atomic E-state index is -0.939. The number of hydrogen-bond donors (Lipinski definition) is 0. The molecule has 0 amide bonds. The quantitative estimate of drug-likeness (QED) is 0.580. The summed E-state index contributed by atoms with van der Waals surface area (Å²) in [7, 11) is 0. The Morgan fingerprint density at radius 2 is 1.88 bits per heavy atom. The molecule has 0 aromatic carbocycles. The first-order valence-electron chi connectivity index (χ1n) is 7.51. The summed E-state index contributed by atoms with van der Waals surface area (Å²) in [6, 6.07) is 0. The zero-order valence-corrected chi connectivity index (χ0v) is 13.1. The minimum Gasteiger partial charge on any atom is -0.498 e. The Kier molecular flexibility index (Phi) is 8.57. The lowest BCUT2D eigenvalue weighted by atomic mass is 10.0. The Balaban J connectivity index is 2.28. The van der Waals surface area contributed by atoms with E-state index in [2.05, 4.69) is 20.8 Å². The van der Waals surface area contributed by atoms with Crippen molar-refractivity contribution < 1.29 is 8.53 Å². The van der Waals surface area contributed by atoms with Gasteiger partial charge in [-0.2, -0.15) is 0 Å². The molecule has 3 heteroatoms. The Morgan fingerprint density at radius 1 is 1.24 bits per heavy atom. The molecule has 0 aromatic heterocycles. The third kappa shape index (κ3) is 6.25. The van der Waals surface area contributed by atoms with Crippen LogP contribution >= 0.6 is 0 Å². The van der Waals surface area contributed by atoms with Crippen LogP contribution in [0.1, 0.15) is 52.9 Å². The molecular weight excluding hydrogens is 227 g/mol. The van der Waals surface area contributed by atoms with Crippen molar-refractivity contribution in [3.8, 4) is 0 Å². The summed E-state index contributed by atoms with van der Waals surface area (Å²) in [5.41, 5.74) is 0. The second-order valence-electron chi connectivity index (χ2n) is 5.37. The third-order valence-corrected chi connectivity index (χ3v) is 6.71. The number of unbranched alkanes of at least 4 members (excludes halogenated alkanes) is 2. The highest BCUT2D eigenvalue weighted by Crippen LogP contribution is 2.22. The van der Waals surface area contributed by atoms with E-state index in [9.17, 15) is 0 Å². The molecule has 0 radical (unpaired) electrons. The van der Waals surface area contributed by atoms with Gasteiger partial charge in [0.2, 0.25) is 0 Å². The molecule has 1 fully saturated rings. The van der Waals surface area contributed by atoms with E-state index in [0.29, 0.717) is 12.0 Å². The average molecular weight is 256 g/mol. The molecule has 1 heterocycles. The lowest BCUT2D eigenvalue weighted by molar-refractivity contribution is 0.121. The van der Waals surface area contributed by atoms with Gasteiger partial charge in [0.1, 0.15) is 0 Å². The Morgan fingerprint density at radius 3 is 2.35 bits per heavy atom. The standard InChI is InChI=1S/C6H11O2.2C4H9.Al/c1-5(7)6-2-3-8-4-6;2*1-3-4-2;/h5-6H,2-4H2,1H3;2*1,3-4H2,2H3;/q-1;;;+1. The lowest BCUT2D eigenvalue weighted by Gasteiger charge is -2.24. The van der Waals surface area contributed by atoms with Gasteiger partial charge in [-0.1, -0.05) is 50.1 Å². The van der Waals surface area contributed by atoms with Crippen molar-refractivity contribution in [3.05, 3.63) is 0 Å². The van der Waals surface area contributed by atoms with Gasteiger partial charge in [-0.3, -0.25) is 0 Å². The summed E-state index contributed by atoms with van der Waals surface area (Å²) in [4.78, 5) is 0. The summed E-state index contributed by atoms with van der Waals surface area (Å²) < 4.78 is 11.9. The molecule has 1 saturated heterocycles. The second-order valence-corrected chi connectivity index (χ2v) is 8.04. The number of rotatable bonds is 9.